The monoisotopic (exact) mass is 302 g/mol. The van der Waals surface area contributed by atoms with E-state index in [4.69, 9.17) is 11.6 Å². The van der Waals surface area contributed by atoms with Crippen LogP contribution in [-0.2, 0) is 12.8 Å². The molecule has 1 heterocycles. The van der Waals surface area contributed by atoms with E-state index >= 15 is 0 Å². The zero-order chi connectivity index (χ0) is 14.8. The highest BCUT2D eigenvalue weighted by atomic mass is 35.5. The molecule has 0 bridgehead atoms. The van der Waals surface area contributed by atoms with Crippen LogP contribution < -0.4 is 5.43 Å². The fourth-order valence-corrected chi connectivity index (χ4v) is 2.58. The molecule has 0 unspecified atom stereocenters. The van der Waals surface area contributed by atoms with Gasteiger partial charge in [0.1, 0.15) is 0 Å². The normalized spacial score (nSPS) is 14.1. The largest absolute Gasteiger partial charge is 0.292 e. The summed E-state index contributed by atoms with van der Waals surface area (Å²) in [7, 11) is 0. The number of aryl methyl sites for hydroxylation is 1. The van der Waals surface area contributed by atoms with E-state index in [-0.39, 0.29) is 5.91 Å². The maximum Gasteiger partial charge on any atom is 0.292 e. The quantitative estimate of drug-likeness (QED) is 0.676. The molecule has 0 aliphatic heterocycles. The number of amides is 1. The van der Waals surface area contributed by atoms with Gasteiger partial charge in [0, 0.05) is 16.3 Å². The summed E-state index contributed by atoms with van der Waals surface area (Å²) < 4.78 is 0. The van der Waals surface area contributed by atoms with Gasteiger partial charge in [0.05, 0.1) is 5.71 Å². The Hall–Kier alpha value is -2.14. The molecule has 3 rings (SSSR count). The zero-order valence-corrected chi connectivity index (χ0v) is 12.4. The number of halogens is 1. The average molecular weight is 303 g/mol. The number of hydrogen-bond donors (Lipinski definition) is 2. The molecular formula is C15H15ClN4O. The van der Waals surface area contributed by atoms with Crippen LogP contribution in [0.15, 0.2) is 29.4 Å². The summed E-state index contributed by atoms with van der Waals surface area (Å²) in [6.45, 7) is 1.83. The smallest absolute Gasteiger partial charge is 0.281 e. The standard InChI is InChI=1S/C15H15ClN4O/c1-9(10-5-7-11(16)8-6-10)17-20-15(21)14-12-3-2-4-13(12)18-19-14/h5-8H,2-4H2,1H3,(H,18,19)(H,20,21)/b17-9+. The third-order valence-electron chi connectivity index (χ3n) is 3.61. The first-order valence-corrected chi connectivity index (χ1v) is 7.19. The summed E-state index contributed by atoms with van der Waals surface area (Å²) in [4.78, 5) is 12.1. The number of hydrazone groups is 1. The summed E-state index contributed by atoms with van der Waals surface area (Å²) in [6, 6.07) is 7.30. The van der Waals surface area contributed by atoms with Gasteiger partial charge in [0.25, 0.3) is 5.91 Å². The van der Waals surface area contributed by atoms with E-state index in [2.05, 4.69) is 20.7 Å². The minimum Gasteiger partial charge on any atom is -0.281 e. The topological polar surface area (TPSA) is 70.1 Å². The molecular weight excluding hydrogens is 288 g/mol. The van der Waals surface area contributed by atoms with Crippen molar-refractivity contribution in [1.29, 1.82) is 0 Å². The maximum atomic E-state index is 12.1. The molecule has 6 heteroatoms. The van der Waals surface area contributed by atoms with Crippen molar-refractivity contribution in [3.05, 3.63) is 51.8 Å². The summed E-state index contributed by atoms with van der Waals surface area (Å²) in [5, 5.41) is 11.8. The Bertz CT molecular complexity index is 703. The van der Waals surface area contributed by atoms with Crippen LogP contribution in [0.4, 0.5) is 0 Å². The third kappa shape index (κ3) is 2.83. The van der Waals surface area contributed by atoms with Gasteiger partial charge in [-0.15, -0.1) is 0 Å². The Morgan fingerprint density at radius 2 is 2.10 bits per heavy atom. The first kappa shape index (κ1) is 13.8. The second-order valence-electron chi connectivity index (χ2n) is 5.03. The first-order valence-electron chi connectivity index (χ1n) is 6.82. The molecule has 108 valence electrons. The Morgan fingerprint density at radius 3 is 2.86 bits per heavy atom. The van der Waals surface area contributed by atoms with E-state index in [1.54, 1.807) is 12.1 Å². The number of carbonyl (C=O) groups excluding carboxylic acids is 1. The summed E-state index contributed by atoms with van der Waals surface area (Å²) >= 11 is 5.84. The van der Waals surface area contributed by atoms with Gasteiger partial charge in [-0.05, 0) is 43.9 Å². The van der Waals surface area contributed by atoms with Crippen LogP contribution in [-0.4, -0.2) is 21.8 Å². The molecule has 1 amide bonds. The summed E-state index contributed by atoms with van der Waals surface area (Å²) in [6.07, 6.45) is 2.92. The molecule has 2 N–H and O–H groups in total. The van der Waals surface area contributed by atoms with Crippen molar-refractivity contribution >= 4 is 23.2 Å². The molecule has 21 heavy (non-hydrogen) atoms. The van der Waals surface area contributed by atoms with Crippen LogP contribution in [0.25, 0.3) is 0 Å². The second kappa shape index (κ2) is 5.69. The van der Waals surface area contributed by atoms with Crippen molar-refractivity contribution in [3.63, 3.8) is 0 Å². The van der Waals surface area contributed by atoms with Crippen molar-refractivity contribution in [2.75, 3.05) is 0 Å². The molecule has 5 nitrogen and oxygen atoms in total. The first-order chi connectivity index (χ1) is 10.1. The lowest BCUT2D eigenvalue weighted by atomic mass is 10.1. The molecule has 1 aromatic heterocycles. The van der Waals surface area contributed by atoms with Crippen LogP contribution in [0.2, 0.25) is 5.02 Å². The highest BCUT2D eigenvalue weighted by Gasteiger charge is 2.22. The van der Waals surface area contributed by atoms with E-state index in [0.29, 0.717) is 16.4 Å². The molecule has 0 saturated heterocycles. The summed E-state index contributed by atoms with van der Waals surface area (Å²) in [5.41, 5.74) is 6.73. The van der Waals surface area contributed by atoms with Gasteiger partial charge in [0.15, 0.2) is 5.69 Å². The minimum atomic E-state index is -0.275. The van der Waals surface area contributed by atoms with Gasteiger partial charge < -0.3 is 0 Å². The Labute approximate surface area is 127 Å². The Balaban J connectivity index is 1.72. The number of aromatic nitrogens is 2. The Kier molecular flexibility index (Phi) is 3.75. The van der Waals surface area contributed by atoms with Gasteiger partial charge in [-0.3, -0.25) is 9.89 Å². The minimum absolute atomic E-state index is 0.275. The van der Waals surface area contributed by atoms with Crippen LogP contribution >= 0.6 is 11.6 Å². The average Bonchev–Trinajstić information content (AvgIpc) is 3.08. The number of rotatable bonds is 3. The number of fused-ring (bicyclic) bond motifs is 1. The van der Waals surface area contributed by atoms with Gasteiger partial charge in [-0.25, -0.2) is 5.43 Å². The van der Waals surface area contributed by atoms with Crippen LogP contribution in [0.5, 0.6) is 0 Å². The van der Waals surface area contributed by atoms with Crippen molar-refractivity contribution in [1.82, 2.24) is 15.6 Å². The number of benzene rings is 1. The number of carbonyl (C=O) groups is 1. The van der Waals surface area contributed by atoms with E-state index < -0.39 is 0 Å². The predicted molar refractivity (Wildman–Crippen MR) is 81.7 cm³/mol. The Morgan fingerprint density at radius 1 is 1.33 bits per heavy atom. The molecule has 1 aliphatic carbocycles. The van der Waals surface area contributed by atoms with E-state index in [1.165, 1.54) is 0 Å². The van der Waals surface area contributed by atoms with Gasteiger partial charge in [-0.1, -0.05) is 23.7 Å². The highest BCUT2D eigenvalue weighted by Crippen LogP contribution is 2.22. The molecule has 1 aliphatic rings. The lowest BCUT2D eigenvalue weighted by Crippen LogP contribution is -2.21. The van der Waals surface area contributed by atoms with Gasteiger partial charge >= 0.3 is 0 Å². The number of nitrogens with zero attached hydrogens (tertiary/aromatic N) is 2. The lowest BCUT2D eigenvalue weighted by molar-refractivity contribution is 0.0949. The summed E-state index contributed by atoms with van der Waals surface area (Å²) in [5.74, 6) is -0.275. The number of aromatic amines is 1. The molecule has 0 spiro atoms. The molecule has 0 radical (unpaired) electrons. The predicted octanol–water partition coefficient (Wildman–Crippen LogP) is 2.71. The number of hydrogen-bond acceptors (Lipinski definition) is 3. The number of H-pyrrole nitrogens is 1. The lowest BCUT2D eigenvalue weighted by Gasteiger charge is -2.02. The van der Waals surface area contributed by atoms with Crippen molar-refractivity contribution in [2.45, 2.75) is 26.2 Å². The zero-order valence-electron chi connectivity index (χ0n) is 11.6. The second-order valence-corrected chi connectivity index (χ2v) is 5.46. The third-order valence-corrected chi connectivity index (χ3v) is 3.86. The van der Waals surface area contributed by atoms with Crippen molar-refractivity contribution in [3.8, 4) is 0 Å². The molecule has 0 atom stereocenters. The molecule has 0 fully saturated rings. The fourth-order valence-electron chi connectivity index (χ4n) is 2.45. The molecule has 2 aromatic rings. The van der Waals surface area contributed by atoms with E-state index in [9.17, 15) is 4.79 Å². The molecule has 1 aromatic carbocycles. The van der Waals surface area contributed by atoms with Gasteiger partial charge in [-0.2, -0.15) is 10.2 Å². The fraction of sp³-hybridized carbons (Fsp3) is 0.267. The van der Waals surface area contributed by atoms with Crippen LogP contribution in [0, 0.1) is 0 Å². The van der Waals surface area contributed by atoms with Crippen molar-refractivity contribution in [2.24, 2.45) is 5.10 Å². The highest BCUT2D eigenvalue weighted by molar-refractivity contribution is 6.30. The van der Waals surface area contributed by atoms with Gasteiger partial charge in [0.2, 0.25) is 0 Å². The van der Waals surface area contributed by atoms with Crippen LogP contribution in [0.3, 0.4) is 0 Å². The maximum absolute atomic E-state index is 12.1. The molecule has 0 saturated carbocycles. The van der Waals surface area contributed by atoms with E-state index in [1.807, 2.05) is 19.1 Å². The number of nitrogens with one attached hydrogen (secondary N) is 2. The van der Waals surface area contributed by atoms with E-state index in [0.717, 1.165) is 36.1 Å². The SMILES string of the molecule is C/C(=N\NC(=O)c1n[nH]c2c1CCC2)c1ccc(Cl)cc1. The van der Waals surface area contributed by atoms with Crippen molar-refractivity contribution < 1.29 is 4.79 Å². The van der Waals surface area contributed by atoms with Crippen LogP contribution in [0.1, 0.15) is 40.7 Å².